The first-order chi connectivity index (χ1) is 9.81. The van der Waals surface area contributed by atoms with Crippen LogP contribution in [-0.2, 0) is 6.54 Å². The summed E-state index contributed by atoms with van der Waals surface area (Å²) in [4.78, 5) is 0. The van der Waals surface area contributed by atoms with Crippen molar-refractivity contribution >= 4 is 0 Å². The highest BCUT2D eigenvalue weighted by Crippen LogP contribution is 2.11. The summed E-state index contributed by atoms with van der Waals surface area (Å²) in [6.45, 7) is 8.20. The second kappa shape index (κ2) is 7.82. The molecule has 0 aliphatic heterocycles. The minimum absolute atomic E-state index is 0.868. The van der Waals surface area contributed by atoms with E-state index in [1.807, 2.05) is 22.9 Å². The molecule has 1 aromatic carbocycles. The monoisotopic (exact) mass is 272 g/mol. The molecule has 1 heterocycles. The van der Waals surface area contributed by atoms with Gasteiger partial charge in [-0.3, -0.25) is 0 Å². The van der Waals surface area contributed by atoms with Crippen LogP contribution in [0, 0.1) is 6.92 Å². The van der Waals surface area contributed by atoms with E-state index in [0.29, 0.717) is 0 Å². The minimum Gasteiger partial charge on any atom is -0.315 e. The normalized spacial score (nSPS) is 10.9. The molecule has 0 fully saturated rings. The van der Waals surface area contributed by atoms with Crippen molar-refractivity contribution in [3.8, 4) is 5.69 Å². The first-order valence-electron chi connectivity index (χ1n) is 7.33. The van der Waals surface area contributed by atoms with Crippen molar-refractivity contribution in [2.24, 2.45) is 0 Å². The molecule has 2 aromatic rings. The third-order valence-electron chi connectivity index (χ3n) is 3.24. The first-order valence-corrected chi connectivity index (χ1v) is 7.33. The Morgan fingerprint density at radius 3 is 2.55 bits per heavy atom. The second-order valence-electron chi connectivity index (χ2n) is 4.95. The molecule has 108 valence electrons. The van der Waals surface area contributed by atoms with Gasteiger partial charge in [0.1, 0.15) is 0 Å². The number of aryl methyl sites for hydroxylation is 1. The molecule has 0 saturated heterocycles. The van der Waals surface area contributed by atoms with Crippen molar-refractivity contribution in [3.05, 3.63) is 47.8 Å². The van der Waals surface area contributed by atoms with Crippen molar-refractivity contribution in [3.63, 3.8) is 0 Å². The molecule has 4 nitrogen and oxygen atoms in total. The molecule has 4 heteroatoms. The van der Waals surface area contributed by atoms with E-state index in [-0.39, 0.29) is 0 Å². The Morgan fingerprint density at radius 2 is 1.80 bits per heavy atom. The minimum atomic E-state index is 0.868. The number of nitrogens with zero attached hydrogens (tertiary/aromatic N) is 2. The van der Waals surface area contributed by atoms with Crippen LogP contribution in [0.3, 0.4) is 0 Å². The number of nitrogens with one attached hydrogen (secondary N) is 2. The van der Waals surface area contributed by atoms with Gasteiger partial charge in [0.05, 0.1) is 11.4 Å². The Balaban J connectivity index is 1.85. The fourth-order valence-electron chi connectivity index (χ4n) is 2.08. The highest BCUT2D eigenvalue weighted by Gasteiger charge is 2.05. The summed E-state index contributed by atoms with van der Waals surface area (Å²) in [6, 6.07) is 10.2. The molecule has 0 unspecified atom stereocenters. The highest BCUT2D eigenvalue weighted by atomic mass is 15.3. The van der Waals surface area contributed by atoms with Crippen LogP contribution in [0.2, 0.25) is 0 Å². The number of hydrogen-bond donors (Lipinski definition) is 2. The van der Waals surface area contributed by atoms with Gasteiger partial charge in [0.2, 0.25) is 0 Å². The van der Waals surface area contributed by atoms with Crippen LogP contribution in [0.15, 0.2) is 36.5 Å². The molecule has 0 atom stereocenters. The van der Waals surface area contributed by atoms with E-state index in [0.717, 1.165) is 37.6 Å². The number of para-hydroxylation sites is 1. The van der Waals surface area contributed by atoms with Gasteiger partial charge < -0.3 is 10.6 Å². The summed E-state index contributed by atoms with van der Waals surface area (Å²) in [7, 11) is 0. The van der Waals surface area contributed by atoms with Crippen LogP contribution in [0.5, 0.6) is 0 Å². The van der Waals surface area contributed by atoms with Crippen LogP contribution < -0.4 is 10.6 Å². The lowest BCUT2D eigenvalue weighted by Gasteiger charge is -2.04. The first kappa shape index (κ1) is 14.8. The Kier molecular flexibility index (Phi) is 5.77. The predicted octanol–water partition coefficient (Wildman–Crippen LogP) is 2.27. The van der Waals surface area contributed by atoms with Crippen molar-refractivity contribution in [2.75, 3.05) is 19.6 Å². The summed E-state index contributed by atoms with van der Waals surface area (Å²) in [6.07, 6.45) is 3.29. The number of hydrogen-bond acceptors (Lipinski definition) is 3. The number of rotatable bonds is 8. The molecule has 0 bridgehead atoms. The van der Waals surface area contributed by atoms with E-state index in [2.05, 4.69) is 47.9 Å². The third-order valence-corrected chi connectivity index (χ3v) is 3.24. The maximum Gasteiger partial charge on any atom is 0.0645 e. The molecule has 0 spiro atoms. The van der Waals surface area contributed by atoms with Gasteiger partial charge in [-0.1, -0.05) is 25.1 Å². The van der Waals surface area contributed by atoms with Crippen LogP contribution in [0.25, 0.3) is 5.69 Å². The summed E-state index contributed by atoms with van der Waals surface area (Å²) in [5.41, 5.74) is 3.44. The van der Waals surface area contributed by atoms with Crippen LogP contribution in [0.1, 0.15) is 24.6 Å². The van der Waals surface area contributed by atoms with E-state index in [1.54, 1.807) is 0 Å². The Bertz CT molecular complexity index is 504. The summed E-state index contributed by atoms with van der Waals surface area (Å²) in [5, 5.41) is 11.4. The Hall–Kier alpha value is -1.65. The zero-order valence-electron chi connectivity index (χ0n) is 12.4. The maximum atomic E-state index is 4.57. The summed E-state index contributed by atoms with van der Waals surface area (Å²) < 4.78 is 1.95. The quantitative estimate of drug-likeness (QED) is 0.724. The number of benzene rings is 1. The highest BCUT2D eigenvalue weighted by molar-refractivity contribution is 5.32. The van der Waals surface area contributed by atoms with Gasteiger partial charge in [-0.2, -0.15) is 5.10 Å². The molecule has 20 heavy (non-hydrogen) atoms. The lowest BCUT2D eigenvalue weighted by atomic mass is 10.2. The SMILES string of the molecule is CCCNCCNCc1cn(-c2ccccc2)nc1C. The van der Waals surface area contributed by atoms with E-state index < -0.39 is 0 Å². The largest absolute Gasteiger partial charge is 0.315 e. The van der Waals surface area contributed by atoms with Gasteiger partial charge in [-0.25, -0.2) is 4.68 Å². The topological polar surface area (TPSA) is 41.9 Å². The van der Waals surface area contributed by atoms with Gasteiger partial charge in [-0.05, 0) is 32.0 Å². The second-order valence-corrected chi connectivity index (χ2v) is 4.95. The van der Waals surface area contributed by atoms with Crippen LogP contribution >= 0.6 is 0 Å². The van der Waals surface area contributed by atoms with Gasteiger partial charge in [-0.15, -0.1) is 0 Å². The lowest BCUT2D eigenvalue weighted by molar-refractivity contribution is 0.606. The Morgan fingerprint density at radius 1 is 1.05 bits per heavy atom. The zero-order chi connectivity index (χ0) is 14.2. The van der Waals surface area contributed by atoms with E-state index in [4.69, 9.17) is 0 Å². The molecule has 0 aliphatic rings. The van der Waals surface area contributed by atoms with Crippen molar-refractivity contribution in [1.82, 2.24) is 20.4 Å². The molecule has 0 aliphatic carbocycles. The van der Waals surface area contributed by atoms with E-state index >= 15 is 0 Å². The number of aromatic nitrogens is 2. The molecular formula is C16H24N4. The summed E-state index contributed by atoms with van der Waals surface area (Å²) in [5.74, 6) is 0. The molecule has 0 radical (unpaired) electrons. The van der Waals surface area contributed by atoms with Crippen molar-refractivity contribution < 1.29 is 0 Å². The third kappa shape index (κ3) is 4.18. The molecule has 2 N–H and O–H groups in total. The molecule has 0 saturated carbocycles. The van der Waals surface area contributed by atoms with Gasteiger partial charge in [0, 0.05) is 31.4 Å². The fourth-order valence-corrected chi connectivity index (χ4v) is 2.08. The fraction of sp³-hybridized carbons (Fsp3) is 0.438. The predicted molar refractivity (Wildman–Crippen MR) is 83.2 cm³/mol. The van der Waals surface area contributed by atoms with E-state index in [9.17, 15) is 0 Å². The van der Waals surface area contributed by atoms with Crippen molar-refractivity contribution in [2.45, 2.75) is 26.8 Å². The Labute approximate surface area is 121 Å². The average molecular weight is 272 g/mol. The molecule has 2 rings (SSSR count). The van der Waals surface area contributed by atoms with Crippen molar-refractivity contribution in [1.29, 1.82) is 0 Å². The molecular weight excluding hydrogens is 248 g/mol. The molecule has 0 amide bonds. The molecule has 1 aromatic heterocycles. The smallest absolute Gasteiger partial charge is 0.0645 e. The van der Waals surface area contributed by atoms with E-state index in [1.165, 1.54) is 12.0 Å². The van der Waals surface area contributed by atoms with Gasteiger partial charge in [0.15, 0.2) is 0 Å². The van der Waals surface area contributed by atoms with Crippen LogP contribution in [-0.4, -0.2) is 29.4 Å². The lowest BCUT2D eigenvalue weighted by Crippen LogP contribution is -2.27. The van der Waals surface area contributed by atoms with Crippen LogP contribution in [0.4, 0.5) is 0 Å². The maximum absolute atomic E-state index is 4.57. The zero-order valence-corrected chi connectivity index (χ0v) is 12.4. The average Bonchev–Trinajstić information content (AvgIpc) is 2.85. The van der Waals surface area contributed by atoms with Gasteiger partial charge >= 0.3 is 0 Å². The van der Waals surface area contributed by atoms with Gasteiger partial charge in [0.25, 0.3) is 0 Å². The summed E-state index contributed by atoms with van der Waals surface area (Å²) >= 11 is 0. The standard InChI is InChI=1S/C16H24N4/c1-3-9-17-10-11-18-12-15-13-20(19-14(15)2)16-7-5-4-6-8-16/h4-8,13,17-18H,3,9-12H2,1-2H3.